The van der Waals surface area contributed by atoms with Crippen LogP contribution in [0.15, 0.2) is 36.4 Å². The topological polar surface area (TPSA) is 117 Å². The number of benzene rings is 2. The molecule has 0 saturated carbocycles. The monoisotopic (exact) mass is 436 g/mol. The maximum absolute atomic E-state index is 12.1. The Morgan fingerprint density at radius 2 is 1.97 bits per heavy atom. The highest BCUT2D eigenvalue weighted by Crippen LogP contribution is 2.29. The molecule has 0 aliphatic heterocycles. The number of anilines is 1. The van der Waals surface area contributed by atoms with Crippen LogP contribution in [-0.4, -0.2) is 36.1 Å². The first-order valence-corrected chi connectivity index (χ1v) is 9.39. The van der Waals surface area contributed by atoms with Crippen LogP contribution >= 0.6 is 11.6 Å². The molecule has 0 aliphatic rings. The molecule has 2 aromatic rings. The van der Waals surface area contributed by atoms with E-state index < -0.39 is 29.5 Å². The smallest absolute Gasteiger partial charge is 0.347 e. The Kier molecular flexibility index (Phi) is 7.99. The summed E-state index contributed by atoms with van der Waals surface area (Å²) < 4.78 is 15.7. The van der Waals surface area contributed by atoms with Gasteiger partial charge in [0.15, 0.2) is 12.7 Å². The van der Waals surface area contributed by atoms with Gasteiger partial charge in [-0.05, 0) is 56.7 Å². The molecule has 1 N–H and O–H groups in total. The van der Waals surface area contributed by atoms with Crippen molar-refractivity contribution in [2.24, 2.45) is 0 Å². The lowest BCUT2D eigenvalue weighted by atomic mass is 10.2. The summed E-state index contributed by atoms with van der Waals surface area (Å²) in [4.78, 5) is 34.8. The van der Waals surface area contributed by atoms with Crippen molar-refractivity contribution in [3.63, 3.8) is 0 Å². The standard InChI is InChI=1S/C20H21ClN2O7/c1-4-28-15-6-7-16(17(10-15)23(26)27)22-19(24)11-29-20(25)13(3)30-18-8-5-14(21)9-12(18)2/h5-10,13H,4,11H2,1-3H3,(H,22,24). The zero-order valence-corrected chi connectivity index (χ0v) is 17.4. The van der Waals surface area contributed by atoms with Crippen molar-refractivity contribution in [3.05, 3.63) is 57.1 Å². The fourth-order valence-electron chi connectivity index (χ4n) is 2.45. The number of amides is 1. The van der Waals surface area contributed by atoms with Gasteiger partial charge in [-0.25, -0.2) is 4.79 Å². The molecular formula is C20H21ClN2O7. The second kappa shape index (κ2) is 10.4. The lowest BCUT2D eigenvalue weighted by molar-refractivity contribution is -0.384. The van der Waals surface area contributed by atoms with Crippen molar-refractivity contribution < 1.29 is 28.7 Å². The number of nitrogens with zero attached hydrogens (tertiary/aromatic N) is 1. The molecule has 0 fully saturated rings. The van der Waals surface area contributed by atoms with Crippen molar-refractivity contribution in [1.82, 2.24) is 0 Å². The molecule has 0 bridgehead atoms. The van der Waals surface area contributed by atoms with Gasteiger partial charge in [0.1, 0.15) is 17.2 Å². The Labute approximate surface area is 178 Å². The summed E-state index contributed by atoms with van der Waals surface area (Å²) in [5.41, 5.74) is 0.365. The largest absolute Gasteiger partial charge is 0.494 e. The van der Waals surface area contributed by atoms with Gasteiger partial charge in [-0.2, -0.15) is 0 Å². The van der Waals surface area contributed by atoms with Gasteiger partial charge in [0.25, 0.3) is 11.6 Å². The molecule has 0 radical (unpaired) electrons. The number of nitro benzene ring substituents is 1. The second-order valence-electron chi connectivity index (χ2n) is 6.19. The third kappa shape index (κ3) is 6.35. The molecule has 0 heterocycles. The highest BCUT2D eigenvalue weighted by atomic mass is 35.5. The number of esters is 1. The number of nitrogens with one attached hydrogen (secondary N) is 1. The van der Waals surface area contributed by atoms with Gasteiger partial charge in [0.2, 0.25) is 0 Å². The summed E-state index contributed by atoms with van der Waals surface area (Å²) in [6.07, 6.45) is -0.975. The zero-order valence-electron chi connectivity index (χ0n) is 16.6. The van der Waals surface area contributed by atoms with Gasteiger partial charge in [-0.3, -0.25) is 14.9 Å². The predicted octanol–water partition coefficient (Wildman–Crippen LogP) is 3.90. The number of nitro groups is 1. The minimum absolute atomic E-state index is 0.0365. The molecular weight excluding hydrogens is 416 g/mol. The van der Waals surface area contributed by atoms with E-state index in [9.17, 15) is 19.7 Å². The maximum atomic E-state index is 12.1. The Hall–Kier alpha value is -3.33. The third-order valence-electron chi connectivity index (χ3n) is 3.87. The van der Waals surface area contributed by atoms with Crippen LogP contribution in [0.25, 0.3) is 0 Å². The van der Waals surface area contributed by atoms with Crippen molar-refractivity contribution in [2.75, 3.05) is 18.5 Å². The summed E-state index contributed by atoms with van der Waals surface area (Å²) in [6.45, 7) is 4.71. The average molecular weight is 437 g/mol. The van der Waals surface area contributed by atoms with Crippen molar-refractivity contribution in [3.8, 4) is 11.5 Å². The van der Waals surface area contributed by atoms with Crippen LogP contribution in [-0.2, 0) is 14.3 Å². The summed E-state index contributed by atoms with van der Waals surface area (Å²) >= 11 is 5.88. The highest BCUT2D eigenvalue weighted by Gasteiger charge is 2.21. The summed E-state index contributed by atoms with van der Waals surface area (Å²) in [6, 6.07) is 8.97. The van der Waals surface area contributed by atoms with E-state index in [0.29, 0.717) is 23.1 Å². The molecule has 10 heteroatoms. The molecule has 0 saturated heterocycles. The first-order chi connectivity index (χ1) is 14.2. The fourth-order valence-corrected chi connectivity index (χ4v) is 2.68. The Bertz CT molecular complexity index is 949. The molecule has 0 aromatic heterocycles. The number of ether oxygens (including phenoxy) is 3. The third-order valence-corrected chi connectivity index (χ3v) is 4.10. The Balaban J connectivity index is 1.93. The number of rotatable bonds is 9. The molecule has 0 aliphatic carbocycles. The quantitative estimate of drug-likeness (QED) is 0.359. The second-order valence-corrected chi connectivity index (χ2v) is 6.63. The maximum Gasteiger partial charge on any atom is 0.347 e. The molecule has 30 heavy (non-hydrogen) atoms. The van der Waals surface area contributed by atoms with Crippen LogP contribution < -0.4 is 14.8 Å². The summed E-state index contributed by atoms with van der Waals surface area (Å²) in [7, 11) is 0. The zero-order chi connectivity index (χ0) is 22.3. The number of carbonyl (C=O) groups is 2. The van der Waals surface area contributed by atoms with Gasteiger partial charge in [-0.15, -0.1) is 0 Å². The number of hydrogen-bond donors (Lipinski definition) is 1. The van der Waals surface area contributed by atoms with Crippen molar-refractivity contribution >= 4 is 34.9 Å². The van der Waals surface area contributed by atoms with E-state index in [1.54, 1.807) is 32.0 Å². The number of carbonyl (C=O) groups excluding carboxylic acids is 2. The molecule has 160 valence electrons. The van der Waals surface area contributed by atoms with Gasteiger partial charge >= 0.3 is 5.97 Å². The van der Waals surface area contributed by atoms with Gasteiger partial charge in [0.05, 0.1) is 17.6 Å². The fraction of sp³-hybridized carbons (Fsp3) is 0.300. The minimum Gasteiger partial charge on any atom is -0.494 e. The lowest BCUT2D eigenvalue weighted by Gasteiger charge is -2.15. The molecule has 1 amide bonds. The van der Waals surface area contributed by atoms with E-state index in [2.05, 4.69) is 5.32 Å². The molecule has 9 nitrogen and oxygen atoms in total. The van der Waals surface area contributed by atoms with Gasteiger partial charge in [-0.1, -0.05) is 11.6 Å². The number of hydrogen-bond acceptors (Lipinski definition) is 7. The van der Waals surface area contributed by atoms with Crippen LogP contribution in [0.3, 0.4) is 0 Å². The average Bonchev–Trinajstić information content (AvgIpc) is 2.69. The van der Waals surface area contributed by atoms with E-state index in [1.165, 1.54) is 25.1 Å². The molecule has 0 spiro atoms. The van der Waals surface area contributed by atoms with Crippen LogP contribution in [0.5, 0.6) is 11.5 Å². The van der Waals surface area contributed by atoms with Crippen LogP contribution in [0, 0.1) is 17.0 Å². The van der Waals surface area contributed by atoms with Gasteiger partial charge < -0.3 is 19.5 Å². The van der Waals surface area contributed by atoms with E-state index in [-0.39, 0.29) is 11.4 Å². The van der Waals surface area contributed by atoms with E-state index in [4.69, 9.17) is 25.8 Å². The van der Waals surface area contributed by atoms with Gasteiger partial charge in [0, 0.05) is 5.02 Å². The first-order valence-electron chi connectivity index (χ1n) is 9.01. The van der Waals surface area contributed by atoms with Crippen LogP contribution in [0.2, 0.25) is 5.02 Å². The highest BCUT2D eigenvalue weighted by molar-refractivity contribution is 6.30. The number of halogens is 1. The molecule has 2 rings (SSSR count). The van der Waals surface area contributed by atoms with Crippen LogP contribution in [0.1, 0.15) is 19.4 Å². The van der Waals surface area contributed by atoms with E-state index >= 15 is 0 Å². The van der Waals surface area contributed by atoms with Crippen LogP contribution in [0.4, 0.5) is 11.4 Å². The molecule has 2 aromatic carbocycles. The SMILES string of the molecule is CCOc1ccc(NC(=O)COC(=O)C(C)Oc2ccc(Cl)cc2C)c([N+](=O)[O-])c1. The first kappa shape index (κ1) is 23.0. The molecule has 1 unspecified atom stereocenters. The minimum atomic E-state index is -0.975. The molecule has 1 atom stereocenters. The van der Waals surface area contributed by atoms with E-state index in [0.717, 1.165) is 5.56 Å². The normalized spacial score (nSPS) is 11.3. The van der Waals surface area contributed by atoms with Crippen molar-refractivity contribution in [2.45, 2.75) is 26.9 Å². The Morgan fingerprint density at radius 1 is 1.23 bits per heavy atom. The summed E-state index contributed by atoms with van der Waals surface area (Å²) in [5, 5.41) is 14.1. The predicted molar refractivity (Wildman–Crippen MR) is 110 cm³/mol. The van der Waals surface area contributed by atoms with E-state index in [1.807, 2.05) is 0 Å². The van der Waals surface area contributed by atoms with Crippen molar-refractivity contribution in [1.29, 1.82) is 0 Å². The lowest BCUT2D eigenvalue weighted by Crippen LogP contribution is -2.30. The summed E-state index contributed by atoms with van der Waals surface area (Å²) in [5.74, 6) is -0.735. The number of aryl methyl sites for hydroxylation is 1. The Morgan fingerprint density at radius 3 is 2.60 bits per heavy atom.